The average molecular weight is 252 g/mol. The Morgan fingerprint density at radius 1 is 0.947 bits per heavy atom. The average Bonchev–Trinajstić information content (AvgIpc) is 2.45. The van der Waals surface area contributed by atoms with Crippen molar-refractivity contribution in [3.8, 4) is 0 Å². The lowest BCUT2D eigenvalue weighted by Gasteiger charge is -2.02. The Balaban J connectivity index is 1.68. The van der Waals surface area contributed by atoms with Gasteiger partial charge in [-0.1, -0.05) is 66.7 Å². The number of rotatable bonds is 6. The van der Waals surface area contributed by atoms with Gasteiger partial charge in [-0.05, 0) is 30.0 Å². The molecular weight excluding hydrogens is 232 g/mol. The van der Waals surface area contributed by atoms with Crippen molar-refractivity contribution in [2.45, 2.75) is 20.0 Å². The van der Waals surface area contributed by atoms with Gasteiger partial charge >= 0.3 is 0 Å². The monoisotopic (exact) mass is 252 g/mol. The second-order valence-corrected chi connectivity index (χ2v) is 4.59. The molecule has 2 aromatic carbocycles. The molecule has 0 aromatic heterocycles. The number of ether oxygens (including phenoxy) is 1. The van der Waals surface area contributed by atoms with Crippen molar-refractivity contribution in [2.75, 3.05) is 6.61 Å². The van der Waals surface area contributed by atoms with Crippen molar-refractivity contribution < 1.29 is 4.74 Å². The van der Waals surface area contributed by atoms with Crippen molar-refractivity contribution in [1.29, 1.82) is 0 Å². The van der Waals surface area contributed by atoms with E-state index in [1.807, 2.05) is 18.2 Å². The number of hydrogen-bond acceptors (Lipinski definition) is 1. The smallest absolute Gasteiger partial charge is 0.0717 e. The lowest BCUT2D eigenvalue weighted by Crippen LogP contribution is -1.93. The maximum absolute atomic E-state index is 5.64. The molecule has 1 heteroatoms. The van der Waals surface area contributed by atoms with Crippen molar-refractivity contribution in [3.05, 3.63) is 77.4 Å². The number of aryl methyl sites for hydroxylation is 1. The van der Waals surface area contributed by atoms with Crippen LogP contribution in [0.5, 0.6) is 0 Å². The fourth-order valence-corrected chi connectivity index (χ4v) is 1.90. The predicted molar refractivity (Wildman–Crippen MR) is 80.9 cm³/mol. The Morgan fingerprint density at radius 3 is 2.47 bits per heavy atom. The van der Waals surface area contributed by atoms with Crippen LogP contribution in [0, 0.1) is 6.92 Å². The van der Waals surface area contributed by atoms with E-state index >= 15 is 0 Å². The van der Waals surface area contributed by atoms with Gasteiger partial charge in [-0.25, -0.2) is 0 Å². The molecule has 0 unspecified atom stereocenters. The third-order valence-electron chi connectivity index (χ3n) is 3.03. The van der Waals surface area contributed by atoms with Gasteiger partial charge in [0.25, 0.3) is 0 Å². The summed E-state index contributed by atoms with van der Waals surface area (Å²) in [5, 5.41) is 0. The molecule has 98 valence electrons. The zero-order valence-electron chi connectivity index (χ0n) is 11.4. The Bertz CT molecular complexity index is 514. The molecule has 0 radical (unpaired) electrons. The highest BCUT2D eigenvalue weighted by Gasteiger charge is 1.92. The Kier molecular flexibility index (Phi) is 5.39. The lowest BCUT2D eigenvalue weighted by molar-refractivity contribution is 0.125. The quantitative estimate of drug-likeness (QED) is 0.682. The Labute approximate surface area is 115 Å². The highest BCUT2D eigenvalue weighted by Crippen LogP contribution is 2.09. The Morgan fingerprint density at radius 2 is 1.68 bits per heavy atom. The second-order valence-electron chi connectivity index (χ2n) is 4.59. The molecule has 0 saturated carbocycles. The van der Waals surface area contributed by atoms with Crippen LogP contribution < -0.4 is 0 Å². The summed E-state index contributed by atoms with van der Waals surface area (Å²) in [4.78, 5) is 0. The van der Waals surface area contributed by atoms with Crippen molar-refractivity contribution >= 4 is 6.08 Å². The molecule has 0 aliphatic heterocycles. The molecule has 2 rings (SSSR count). The normalized spacial score (nSPS) is 11.0. The minimum Gasteiger partial charge on any atom is -0.376 e. The van der Waals surface area contributed by atoms with E-state index in [-0.39, 0.29) is 0 Å². The summed E-state index contributed by atoms with van der Waals surface area (Å²) < 4.78 is 5.64. The number of benzene rings is 2. The van der Waals surface area contributed by atoms with Gasteiger partial charge in [-0.3, -0.25) is 0 Å². The van der Waals surface area contributed by atoms with E-state index in [1.54, 1.807) is 0 Å². The van der Waals surface area contributed by atoms with Gasteiger partial charge in [-0.2, -0.15) is 0 Å². The van der Waals surface area contributed by atoms with Crippen LogP contribution in [0.4, 0.5) is 0 Å². The maximum atomic E-state index is 5.64. The standard InChI is InChI=1S/C18H20O/c1-16-9-5-6-12-18(16)13-7-8-14-19-15-17-10-3-2-4-11-17/h2-7,9-13H,8,14-15H2,1H3/b13-7-. The van der Waals surface area contributed by atoms with E-state index in [0.29, 0.717) is 6.61 Å². The van der Waals surface area contributed by atoms with Crippen LogP contribution in [0.3, 0.4) is 0 Å². The predicted octanol–water partition coefficient (Wildman–Crippen LogP) is 4.62. The van der Waals surface area contributed by atoms with Crippen LogP contribution in [-0.4, -0.2) is 6.61 Å². The van der Waals surface area contributed by atoms with E-state index in [4.69, 9.17) is 4.74 Å². The molecule has 0 spiro atoms. The van der Waals surface area contributed by atoms with E-state index in [1.165, 1.54) is 16.7 Å². The van der Waals surface area contributed by atoms with Crippen LogP contribution in [0.15, 0.2) is 60.7 Å². The first kappa shape index (κ1) is 13.6. The van der Waals surface area contributed by atoms with Crippen molar-refractivity contribution in [3.63, 3.8) is 0 Å². The van der Waals surface area contributed by atoms with Crippen LogP contribution in [0.2, 0.25) is 0 Å². The summed E-state index contributed by atoms with van der Waals surface area (Å²) in [5.41, 5.74) is 3.82. The summed E-state index contributed by atoms with van der Waals surface area (Å²) >= 11 is 0. The highest BCUT2D eigenvalue weighted by atomic mass is 16.5. The fourth-order valence-electron chi connectivity index (χ4n) is 1.90. The third kappa shape index (κ3) is 4.72. The van der Waals surface area contributed by atoms with E-state index in [9.17, 15) is 0 Å². The lowest BCUT2D eigenvalue weighted by atomic mass is 10.1. The first-order valence-corrected chi connectivity index (χ1v) is 6.70. The number of hydrogen-bond donors (Lipinski definition) is 0. The first-order valence-electron chi connectivity index (χ1n) is 6.70. The zero-order chi connectivity index (χ0) is 13.3. The molecule has 1 nitrogen and oxygen atoms in total. The van der Waals surface area contributed by atoms with E-state index in [2.05, 4.69) is 55.5 Å². The van der Waals surface area contributed by atoms with Gasteiger partial charge in [-0.15, -0.1) is 0 Å². The minimum atomic E-state index is 0.693. The van der Waals surface area contributed by atoms with Crippen molar-refractivity contribution in [1.82, 2.24) is 0 Å². The summed E-state index contributed by atoms with van der Waals surface area (Å²) in [5.74, 6) is 0. The third-order valence-corrected chi connectivity index (χ3v) is 3.03. The van der Waals surface area contributed by atoms with Gasteiger partial charge < -0.3 is 4.74 Å². The van der Waals surface area contributed by atoms with Gasteiger partial charge in [0.05, 0.1) is 13.2 Å². The molecule has 0 amide bonds. The maximum Gasteiger partial charge on any atom is 0.0717 e. The molecule has 0 fully saturated rings. The van der Waals surface area contributed by atoms with Gasteiger partial charge in [0.2, 0.25) is 0 Å². The molecule has 0 aliphatic carbocycles. The molecule has 0 heterocycles. The SMILES string of the molecule is Cc1ccccc1/C=C\CCOCc1ccccc1. The van der Waals surface area contributed by atoms with Crippen LogP contribution in [0.1, 0.15) is 23.1 Å². The summed E-state index contributed by atoms with van der Waals surface area (Å²) in [6.07, 6.45) is 5.29. The first-order chi connectivity index (χ1) is 9.36. The molecular formula is C18H20O. The molecule has 19 heavy (non-hydrogen) atoms. The molecule has 0 aliphatic rings. The van der Waals surface area contributed by atoms with Crippen LogP contribution in [-0.2, 0) is 11.3 Å². The molecule has 0 bridgehead atoms. The van der Waals surface area contributed by atoms with E-state index in [0.717, 1.165) is 13.0 Å². The Hall–Kier alpha value is -1.86. The summed E-state index contributed by atoms with van der Waals surface area (Å²) in [7, 11) is 0. The summed E-state index contributed by atoms with van der Waals surface area (Å²) in [6, 6.07) is 18.7. The van der Waals surface area contributed by atoms with Gasteiger partial charge in [0.15, 0.2) is 0 Å². The highest BCUT2D eigenvalue weighted by molar-refractivity contribution is 5.53. The van der Waals surface area contributed by atoms with Gasteiger partial charge in [0, 0.05) is 0 Å². The minimum absolute atomic E-state index is 0.693. The molecule has 0 saturated heterocycles. The fraction of sp³-hybridized carbons (Fsp3) is 0.222. The topological polar surface area (TPSA) is 9.23 Å². The van der Waals surface area contributed by atoms with Crippen LogP contribution >= 0.6 is 0 Å². The largest absolute Gasteiger partial charge is 0.376 e. The van der Waals surface area contributed by atoms with Gasteiger partial charge in [0.1, 0.15) is 0 Å². The molecule has 0 N–H and O–H groups in total. The molecule has 2 aromatic rings. The summed E-state index contributed by atoms with van der Waals surface area (Å²) in [6.45, 7) is 3.59. The second kappa shape index (κ2) is 7.55. The van der Waals surface area contributed by atoms with Crippen LogP contribution in [0.25, 0.3) is 6.08 Å². The zero-order valence-corrected chi connectivity index (χ0v) is 11.4. The molecule has 0 atom stereocenters. The van der Waals surface area contributed by atoms with Crippen molar-refractivity contribution in [2.24, 2.45) is 0 Å². The van der Waals surface area contributed by atoms with E-state index < -0.39 is 0 Å².